The number of allylic oxidation sites excluding steroid dienone is 6. The summed E-state index contributed by atoms with van der Waals surface area (Å²) in [6.45, 7) is 29.3. The molecular formula is C46H66N2. The summed E-state index contributed by atoms with van der Waals surface area (Å²) in [5, 5.41) is 7.87. The third-order valence-electron chi connectivity index (χ3n) is 13.2. The average Bonchev–Trinajstić information content (AvgIpc) is 3.35. The van der Waals surface area contributed by atoms with Crippen molar-refractivity contribution < 1.29 is 0 Å². The topological polar surface area (TPSA) is 49.9 Å². The van der Waals surface area contributed by atoms with Gasteiger partial charge in [0.15, 0.2) is 0 Å². The Kier molecular flexibility index (Phi) is 12.1. The Morgan fingerprint density at radius 2 is 1.79 bits per heavy atom. The van der Waals surface area contributed by atoms with Crippen LogP contribution in [0.1, 0.15) is 119 Å². The lowest BCUT2D eigenvalue weighted by Gasteiger charge is -2.62. The highest BCUT2D eigenvalue weighted by Crippen LogP contribution is 2.69. The number of fused-ring (bicyclic) bond motifs is 3. The molecule has 0 radical (unpaired) electrons. The highest BCUT2D eigenvalue weighted by molar-refractivity contribution is 5.70. The van der Waals surface area contributed by atoms with E-state index in [1.807, 2.05) is 19.9 Å². The van der Waals surface area contributed by atoms with Crippen LogP contribution in [0.3, 0.4) is 0 Å². The molecule has 8 atom stereocenters. The number of rotatable bonds is 10. The van der Waals surface area contributed by atoms with Crippen molar-refractivity contribution in [2.45, 2.75) is 125 Å². The fourth-order valence-corrected chi connectivity index (χ4v) is 11.3. The van der Waals surface area contributed by atoms with Crippen LogP contribution in [0, 0.1) is 60.7 Å². The van der Waals surface area contributed by atoms with Crippen LogP contribution in [0.15, 0.2) is 85.0 Å². The van der Waals surface area contributed by atoms with Crippen molar-refractivity contribution >= 4 is 6.21 Å². The minimum Gasteiger partial charge on any atom is -0.325 e. The zero-order chi connectivity index (χ0) is 35.4. The molecular weight excluding hydrogens is 581 g/mol. The predicted molar refractivity (Wildman–Crippen MR) is 210 cm³/mol. The first-order chi connectivity index (χ1) is 22.8. The first kappa shape index (κ1) is 37.8. The zero-order valence-electron chi connectivity index (χ0n) is 31.9. The van der Waals surface area contributed by atoms with E-state index in [1.165, 1.54) is 51.6 Å². The molecule has 3 fully saturated rings. The van der Waals surface area contributed by atoms with E-state index >= 15 is 0 Å². The first-order valence-electron chi connectivity index (χ1n) is 18.9. The summed E-state index contributed by atoms with van der Waals surface area (Å²) in [6, 6.07) is 13.7. The number of aryl methyl sites for hydroxylation is 4. The third-order valence-corrected chi connectivity index (χ3v) is 13.2. The highest BCUT2D eigenvalue weighted by atomic mass is 14.9. The summed E-state index contributed by atoms with van der Waals surface area (Å²) in [5.41, 5.74) is 18.8. The molecule has 0 amide bonds. The standard InChI is InChI=1S/C44H60N2.C2H6/c1-10-22-42(8)37(21-25-45)19-24-44(46)38(42)20-23-43(9)39(44)28-36(41(43)30(4)11-2)27-32(6)40-31(5)15-17-35(33(40)7)18-16-34-14-12-13-29(3)26-34;1-2/h10-15,17,21-22,25-26,32,36,38-39,41,45H,2,4,16,18-20,23-24,27-28,46H2,1,3,5-9H3;1-2H3/b22-10-,37-21-,45-25?;/t32?,36-,38?,39?,41?,42?,43?,44?;/m1./s1. The Balaban J connectivity index is 0.00000255. The van der Waals surface area contributed by atoms with E-state index in [0.717, 1.165) is 44.9 Å². The van der Waals surface area contributed by atoms with Crippen LogP contribution in [0.4, 0.5) is 0 Å². The van der Waals surface area contributed by atoms with Gasteiger partial charge < -0.3 is 11.1 Å². The van der Waals surface area contributed by atoms with Crippen molar-refractivity contribution in [3.05, 3.63) is 118 Å². The van der Waals surface area contributed by atoms with Gasteiger partial charge in [-0.1, -0.05) is 119 Å². The molecule has 0 heterocycles. The van der Waals surface area contributed by atoms with Gasteiger partial charge in [0.1, 0.15) is 0 Å². The summed E-state index contributed by atoms with van der Waals surface area (Å²) in [5.74, 6) is 2.19. The van der Waals surface area contributed by atoms with Crippen molar-refractivity contribution in [2.75, 3.05) is 0 Å². The van der Waals surface area contributed by atoms with Crippen LogP contribution in [0.25, 0.3) is 0 Å². The number of hydrogen-bond donors (Lipinski definition) is 2. The molecule has 0 bridgehead atoms. The van der Waals surface area contributed by atoms with E-state index in [1.54, 1.807) is 5.56 Å². The molecule has 2 nitrogen and oxygen atoms in total. The zero-order valence-corrected chi connectivity index (χ0v) is 31.9. The van der Waals surface area contributed by atoms with Crippen molar-refractivity contribution in [1.29, 1.82) is 5.41 Å². The second-order valence-corrected chi connectivity index (χ2v) is 15.9. The Morgan fingerprint density at radius 1 is 1.06 bits per heavy atom. The maximum Gasteiger partial charge on any atom is 0.0231 e. The van der Waals surface area contributed by atoms with Gasteiger partial charge in [0.05, 0.1) is 0 Å². The molecule has 0 saturated heterocycles. The number of benzene rings is 2. The summed E-state index contributed by atoms with van der Waals surface area (Å²) in [6.07, 6.45) is 18.9. The molecule has 48 heavy (non-hydrogen) atoms. The monoisotopic (exact) mass is 647 g/mol. The molecule has 2 heteroatoms. The van der Waals surface area contributed by atoms with Gasteiger partial charge in [-0.2, -0.15) is 0 Å². The molecule has 2 aromatic carbocycles. The lowest BCUT2D eigenvalue weighted by Crippen LogP contribution is -2.66. The average molecular weight is 647 g/mol. The van der Waals surface area contributed by atoms with E-state index < -0.39 is 0 Å². The molecule has 3 aliphatic carbocycles. The van der Waals surface area contributed by atoms with E-state index in [4.69, 9.17) is 11.1 Å². The summed E-state index contributed by atoms with van der Waals surface area (Å²) >= 11 is 0. The summed E-state index contributed by atoms with van der Waals surface area (Å²) in [7, 11) is 0. The van der Waals surface area contributed by atoms with Crippen molar-refractivity contribution in [1.82, 2.24) is 0 Å². The van der Waals surface area contributed by atoms with E-state index in [2.05, 4.69) is 116 Å². The van der Waals surface area contributed by atoms with E-state index in [-0.39, 0.29) is 16.4 Å². The number of hydrogen-bond acceptors (Lipinski definition) is 2. The van der Waals surface area contributed by atoms with Crippen LogP contribution < -0.4 is 5.73 Å². The minimum absolute atomic E-state index is 0.107. The quantitative estimate of drug-likeness (QED) is 0.151. The first-order valence-corrected chi connectivity index (χ1v) is 18.9. The van der Waals surface area contributed by atoms with Gasteiger partial charge >= 0.3 is 0 Å². The summed E-state index contributed by atoms with van der Waals surface area (Å²) < 4.78 is 0. The van der Waals surface area contributed by atoms with Crippen LogP contribution in [-0.4, -0.2) is 11.8 Å². The van der Waals surface area contributed by atoms with Crippen molar-refractivity contribution in [2.24, 2.45) is 40.2 Å². The molecule has 3 saturated carbocycles. The molecule has 0 aromatic heterocycles. The SMILES string of the molecule is C=CC(=C)C1[C@H](CC(C)c2c(C)ccc(CCc3cccc(C)c3)c2C)CC2C1(C)CCC1C(C)(/C=C\C)/C(=C\C=N)CCC12N.CC. The number of nitrogens with two attached hydrogens (primary N) is 1. The fourth-order valence-electron chi connectivity index (χ4n) is 11.3. The maximum atomic E-state index is 7.87. The van der Waals surface area contributed by atoms with Crippen LogP contribution >= 0.6 is 0 Å². The Bertz CT molecular complexity index is 1540. The lowest BCUT2D eigenvalue weighted by molar-refractivity contribution is -0.0488. The maximum absolute atomic E-state index is 7.87. The smallest absolute Gasteiger partial charge is 0.0231 e. The van der Waals surface area contributed by atoms with E-state index in [0.29, 0.717) is 29.6 Å². The minimum atomic E-state index is -0.236. The normalized spacial score (nSPS) is 32.6. The molecule has 0 aliphatic heterocycles. The molecule has 3 N–H and O–H groups in total. The Hall–Kier alpha value is -2.97. The third kappa shape index (κ3) is 6.76. The largest absolute Gasteiger partial charge is 0.325 e. The van der Waals surface area contributed by atoms with Crippen LogP contribution in [-0.2, 0) is 12.8 Å². The molecule has 2 aromatic rings. The predicted octanol–water partition coefficient (Wildman–Crippen LogP) is 12.0. The lowest BCUT2D eigenvalue weighted by atomic mass is 9.45. The van der Waals surface area contributed by atoms with Gasteiger partial charge in [-0.05, 0) is 148 Å². The highest BCUT2D eigenvalue weighted by Gasteiger charge is 2.66. The van der Waals surface area contributed by atoms with Crippen LogP contribution in [0.5, 0.6) is 0 Å². The fraction of sp³-hybridized carbons (Fsp3) is 0.543. The van der Waals surface area contributed by atoms with Crippen LogP contribution in [0.2, 0.25) is 0 Å². The van der Waals surface area contributed by atoms with Gasteiger partial charge in [0, 0.05) is 17.2 Å². The molecule has 5 rings (SSSR count). The second-order valence-electron chi connectivity index (χ2n) is 15.9. The van der Waals surface area contributed by atoms with Crippen molar-refractivity contribution in [3.8, 4) is 0 Å². The summed E-state index contributed by atoms with van der Waals surface area (Å²) in [4.78, 5) is 0. The van der Waals surface area contributed by atoms with E-state index in [9.17, 15) is 0 Å². The van der Waals surface area contributed by atoms with Gasteiger partial charge in [0.25, 0.3) is 0 Å². The van der Waals surface area contributed by atoms with Crippen molar-refractivity contribution in [3.63, 3.8) is 0 Å². The van der Waals surface area contributed by atoms with Gasteiger partial charge in [-0.15, -0.1) is 0 Å². The van der Waals surface area contributed by atoms with Gasteiger partial charge in [-0.3, -0.25) is 0 Å². The van der Waals surface area contributed by atoms with Gasteiger partial charge in [-0.25, -0.2) is 0 Å². The molecule has 7 unspecified atom stereocenters. The molecule has 3 aliphatic rings. The van der Waals surface area contributed by atoms with Gasteiger partial charge in [0.2, 0.25) is 0 Å². The Labute approximate surface area is 294 Å². The second kappa shape index (κ2) is 15.3. The molecule has 260 valence electrons. The molecule has 0 spiro atoms. The Morgan fingerprint density at radius 3 is 2.44 bits per heavy atom. The number of nitrogens with one attached hydrogen (secondary N) is 1.